The van der Waals surface area contributed by atoms with Crippen LogP contribution in [0, 0.1) is 24.7 Å². The number of carbonyl (C=O) groups is 1. The number of carbonyl (C=O) groups excluding carboxylic acids is 1. The summed E-state index contributed by atoms with van der Waals surface area (Å²) in [5.74, 6) is 1.98. The first-order chi connectivity index (χ1) is 10.1. The van der Waals surface area contributed by atoms with Crippen LogP contribution < -0.4 is 15.8 Å². The number of fused-ring (bicyclic) bond motifs is 2. The van der Waals surface area contributed by atoms with Crippen molar-refractivity contribution in [2.24, 2.45) is 23.5 Å². The average Bonchev–Trinajstić information content (AvgIpc) is 3.06. The third kappa shape index (κ3) is 3.08. The molecule has 2 fully saturated rings. The van der Waals surface area contributed by atoms with Gasteiger partial charge in [0, 0.05) is 18.2 Å². The zero-order valence-corrected chi connectivity index (χ0v) is 14.0. The van der Waals surface area contributed by atoms with E-state index < -0.39 is 0 Å². The molecular weight excluding hydrogens is 300 g/mol. The van der Waals surface area contributed by atoms with E-state index in [1.54, 1.807) is 7.11 Å². The monoisotopic (exact) mass is 324 g/mol. The lowest BCUT2D eigenvalue weighted by Gasteiger charge is -2.27. The molecule has 2 aliphatic rings. The smallest absolute Gasteiger partial charge is 0.225 e. The second kappa shape index (κ2) is 6.88. The van der Waals surface area contributed by atoms with Crippen molar-refractivity contribution in [3.8, 4) is 5.75 Å². The Hall–Kier alpha value is -1.26. The zero-order chi connectivity index (χ0) is 15.0. The van der Waals surface area contributed by atoms with E-state index in [1.807, 2.05) is 25.1 Å². The van der Waals surface area contributed by atoms with Crippen molar-refractivity contribution >= 4 is 18.3 Å². The van der Waals surface area contributed by atoms with Gasteiger partial charge in [-0.3, -0.25) is 4.79 Å². The molecule has 22 heavy (non-hydrogen) atoms. The molecule has 1 aromatic rings. The van der Waals surface area contributed by atoms with Gasteiger partial charge >= 0.3 is 0 Å². The molecule has 0 aromatic heterocycles. The molecule has 0 radical (unpaired) electrons. The van der Waals surface area contributed by atoms with Crippen LogP contribution in [-0.2, 0) is 11.3 Å². The fourth-order valence-electron chi connectivity index (χ4n) is 4.02. The van der Waals surface area contributed by atoms with Gasteiger partial charge in [0.15, 0.2) is 0 Å². The molecule has 0 spiro atoms. The van der Waals surface area contributed by atoms with E-state index in [4.69, 9.17) is 10.5 Å². The van der Waals surface area contributed by atoms with E-state index in [0.717, 1.165) is 29.7 Å². The summed E-state index contributed by atoms with van der Waals surface area (Å²) in [7, 11) is 1.66. The highest BCUT2D eigenvalue weighted by atomic mass is 35.5. The Morgan fingerprint density at radius 3 is 2.73 bits per heavy atom. The number of nitrogens with one attached hydrogen (secondary N) is 1. The zero-order valence-electron chi connectivity index (χ0n) is 13.2. The predicted molar refractivity (Wildman–Crippen MR) is 89.1 cm³/mol. The van der Waals surface area contributed by atoms with E-state index >= 15 is 0 Å². The minimum absolute atomic E-state index is 0. The van der Waals surface area contributed by atoms with E-state index in [9.17, 15) is 4.79 Å². The molecule has 3 rings (SSSR count). The van der Waals surface area contributed by atoms with Crippen LogP contribution in [0.4, 0.5) is 0 Å². The molecule has 2 bridgehead atoms. The number of nitrogens with two attached hydrogens (primary N) is 1. The lowest BCUT2D eigenvalue weighted by Crippen LogP contribution is -2.45. The fourth-order valence-corrected chi connectivity index (χ4v) is 4.02. The summed E-state index contributed by atoms with van der Waals surface area (Å²) in [6, 6.07) is 6.08. The second-order valence-corrected chi connectivity index (χ2v) is 6.47. The minimum atomic E-state index is 0. The van der Waals surface area contributed by atoms with Gasteiger partial charge in [0.2, 0.25) is 5.91 Å². The fraction of sp³-hybridized carbons (Fsp3) is 0.588. The number of methoxy groups -OCH3 is 1. The third-order valence-corrected chi connectivity index (χ3v) is 5.18. The maximum Gasteiger partial charge on any atom is 0.225 e. The van der Waals surface area contributed by atoms with Crippen molar-refractivity contribution in [1.82, 2.24) is 5.32 Å². The maximum atomic E-state index is 12.5. The molecule has 4 atom stereocenters. The standard InChI is InChI=1S/C17H24N2O2.ClH/c1-10-3-4-13(14(7-10)21-2)9-19-17(20)15-11-5-6-12(8-11)16(15)18;/h3-4,7,11-12,15-16H,5-6,8-9,18H2,1-2H3,(H,19,20);1H. The maximum absolute atomic E-state index is 12.5. The normalized spacial score (nSPS) is 29.0. The van der Waals surface area contributed by atoms with Crippen molar-refractivity contribution in [2.45, 2.75) is 38.8 Å². The number of hydrogen-bond donors (Lipinski definition) is 2. The van der Waals surface area contributed by atoms with Crippen molar-refractivity contribution in [2.75, 3.05) is 7.11 Å². The van der Waals surface area contributed by atoms with Crippen LogP contribution in [0.25, 0.3) is 0 Å². The van der Waals surface area contributed by atoms with Crippen molar-refractivity contribution in [3.05, 3.63) is 29.3 Å². The number of ether oxygens (including phenoxy) is 1. The Morgan fingerprint density at radius 2 is 2.09 bits per heavy atom. The summed E-state index contributed by atoms with van der Waals surface area (Å²) in [5, 5.41) is 3.05. The first-order valence-corrected chi connectivity index (χ1v) is 7.77. The quantitative estimate of drug-likeness (QED) is 0.894. The van der Waals surface area contributed by atoms with Crippen molar-refractivity contribution in [3.63, 3.8) is 0 Å². The number of amides is 1. The lowest BCUT2D eigenvalue weighted by atomic mass is 9.84. The summed E-state index contributed by atoms with van der Waals surface area (Å²) in [5.41, 5.74) is 8.38. The minimum Gasteiger partial charge on any atom is -0.496 e. The van der Waals surface area contributed by atoms with E-state index in [-0.39, 0.29) is 30.3 Å². The SMILES string of the molecule is COc1cc(C)ccc1CNC(=O)C1C2CCC(C2)C1N.Cl. The van der Waals surface area contributed by atoms with Crippen LogP contribution in [0.5, 0.6) is 5.75 Å². The number of rotatable bonds is 4. The molecule has 0 aliphatic heterocycles. The van der Waals surface area contributed by atoms with E-state index in [2.05, 4.69) is 5.32 Å². The second-order valence-electron chi connectivity index (χ2n) is 6.47. The largest absolute Gasteiger partial charge is 0.496 e. The molecule has 4 unspecified atom stereocenters. The Morgan fingerprint density at radius 1 is 1.36 bits per heavy atom. The summed E-state index contributed by atoms with van der Waals surface area (Å²) in [6.07, 6.45) is 3.48. The Balaban J connectivity index is 0.00000176. The molecule has 1 aromatic carbocycles. The van der Waals surface area contributed by atoms with Gasteiger partial charge in [0.1, 0.15) is 5.75 Å². The molecule has 4 nitrogen and oxygen atoms in total. The van der Waals surface area contributed by atoms with Gasteiger partial charge in [-0.2, -0.15) is 0 Å². The van der Waals surface area contributed by atoms with Gasteiger partial charge in [0.05, 0.1) is 13.0 Å². The van der Waals surface area contributed by atoms with Crippen LogP contribution >= 0.6 is 12.4 Å². The summed E-state index contributed by atoms with van der Waals surface area (Å²) >= 11 is 0. The van der Waals surface area contributed by atoms with Crippen LogP contribution in [0.1, 0.15) is 30.4 Å². The van der Waals surface area contributed by atoms with Gasteiger partial charge < -0.3 is 15.8 Å². The Labute approximate surface area is 138 Å². The van der Waals surface area contributed by atoms with Gasteiger partial charge in [-0.15, -0.1) is 12.4 Å². The van der Waals surface area contributed by atoms with E-state index in [0.29, 0.717) is 18.4 Å². The highest BCUT2D eigenvalue weighted by Crippen LogP contribution is 2.47. The first kappa shape index (κ1) is 17.1. The highest BCUT2D eigenvalue weighted by Gasteiger charge is 2.48. The molecular formula is C17H25ClN2O2. The van der Waals surface area contributed by atoms with Gasteiger partial charge in [-0.25, -0.2) is 0 Å². The number of hydrogen-bond acceptors (Lipinski definition) is 3. The summed E-state index contributed by atoms with van der Waals surface area (Å²) in [4.78, 5) is 12.5. The third-order valence-electron chi connectivity index (χ3n) is 5.18. The van der Waals surface area contributed by atoms with E-state index in [1.165, 1.54) is 6.42 Å². The number of halogens is 1. The van der Waals surface area contributed by atoms with Crippen molar-refractivity contribution in [1.29, 1.82) is 0 Å². The molecule has 122 valence electrons. The summed E-state index contributed by atoms with van der Waals surface area (Å²) in [6.45, 7) is 2.53. The molecule has 2 aliphatic carbocycles. The van der Waals surface area contributed by atoms with Crippen LogP contribution in [0.15, 0.2) is 18.2 Å². The molecule has 0 heterocycles. The molecule has 3 N–H and O–H groups in total. The lowest BCUT2D eigenvalue weighted by molar-refractivity contribution is -0.127. The topological polar surface area (TPSA) is 64.3 Å². The van der Waals surface area contributed by atoms with Crippen LogP contribution in [-0.4, -0.2) is 19.1 Å². The first-order valence-electron chi connectivity index (χ1n) is 7.77. The van der Waals surface area contributed by atoms with Crippen LogP contribution in [0.2, 0.25) is 0 Å². The molecule has 0 saturated heterocycles. The highest BCUT2D eigenvalue weighted by molar-refractivity contribution is 5.85. The molecule has 2 saturated carbocycles. The number of aryl methyl sites for hydroxylation is 1. The summed E-state index contributed by atoms with van der Waals surface area (Å²) < 4.78 is 5.38. The van der Waals surface area contributed by atoms with Crippen molar-refractivity contribution < 1.29 is 9.53 Å². The average molecular weight is 325 g/mol. The van der Waals surface area contributed by atoms with Gasteiger partial charge in [-0.1, -0.05) is 12.1 Å². The molecule has 1 amide bonds. The Bertz CT molecular complexity index is 547. The Kier molecular flexibility index (Phi) is 5.35. The van der Waals surface area contributed by atoms with Gasteiger partial charge in [-0.05, 0) is 49.7 Å². The molecule has 5 heteroatoms. The van der Waals surface area contributed by atoms with Gasteiger partial charge in [0.25, 0.3) is 0 Å². The van der Waals surface area contributed by atoms with Crippen LogP contribution in [0.3, 0.4) is 0 Å². The number of benzene rings is 1. The predicted octanol–water partition coefficient (Wildman–Crippen LogP) is 2.42.